The number of aromatic nitrogens is 5. The van der Waals surface area contributed by atoms with E-state index in [0.29, 0.717) is 56.9 Å². The first-order chi connectivity index (χ1) is 26.2. The molecule has 1 aliphatic rings. The fraction of sp³-hybridized carbons (Fsp3) is 0.561. The lowest BCUT2D eigenvalue weighted by Gasteiger charge is -2.33. The van der Waals surface area contributed by atoms with Crippen molar-refractivity contribution in [1.82, 2.24) is 24.4 Å². The Morgan fingerprint density at radius 1 is 0.909 bits per heavy atom. The second-order valence-electron chi connectivity index (χ2n) is 16.9. The maximum absolute atomic E-state index is 15.3. The second-order valence-corrected chi connectivity index (χ2v) is 28.1. The number of esters is 1. The number of para-hydroxylation sites is 1. The highest BCUT2D eigenvalue weighted by Gasteiger charge is 2.37. The Bertz CT molecular complexity index is 1840. The molecule has 1 aliphatic carbocycles. The van der Waals surface area contributed by atoms with E-state index in [2.05, 4.69) is 55.9 Å². The second kappa shape index (κ2) is 18.9. The van der Waals surface area contributed by atoms with Crippen molar-refractivity contribution < 1.29 is 28.1 Å². The first-order valence-corrected chi connectivity index (χ1v) is 27.2. The maximum atomic E-state index is 15.3. The van der Waals surface area contributed by atoms with Crippen LogP contribution in [-0.4, -0.2) is 92.6 Å². The third-order valence-corrected chi connectivity index (χ3v) is 13.4. The van der Waals surface area contributed by atoms with Gasteiger partial charge in [-0.2, -0.15) is 14.7 Å². The lowest BCUT2D eigenvalue weighted by Crippen LogP contribution is -2.35. The molecular weight excluding hydrogens is 732 g/mol. The van der Waals surface area contributed by atoms with Crippen LogP contribution in [0, 0.1) is 5.92 Å². The molecule has 5 rings (SSSR count). The number of anilines is 1. The number of carbonyl (C=O) groups excluding carboxylic acids is 1. The Hall–Kier alpha value is -3.86. The van der Waals surface area contributed by atoms with Crippen molar-refractivity contribution in [2.45, 2.75) is 103 Å². The van der Waals surface area contributed by atoms with Crippen molar-refractivity contribution >= 4 is 39.3 Å². The van der Waals surface area contributed by atoms with Gasteiger partial charge in [0, 0.05) is 58.5 Å². The lowest BCUT2D eigenvalue weighted by atomic mass is 9.77. The Kier molecular flexibility index (Phi) is 14.5. The Morgan fingerprint density at radius 2 is 1.53 bits per heavy atom. The Morgan fingerprint density at radius 3 is 2.11 bits per heavy atom. The van der Waals surface area contributed by atoms with Crippen LogP contribution in [0.2, 0.25) is 51.4 Å². The Balaban J connectivity index is 1.64. The molecule has 300 valence electrons. The molecule has 0 bridgehead atoms. The van der Waals surface area contributed by atoms with Gasteiger partial charge >= 0.3 is 5.97 Å². The number of hydrogen-bond acceptors (Lipinski definition) is 9. The van der Waals surface area contributed by atoms with E-state index in [1.165, 1.54) is 0 Å². The van der Waals surface area contributed by atoms with Crippen LogP contribution in [-0.2, 0) is 23.7 Å². The zero-order chi connectivity index (χ0) is 39.8. The van der Waals surface area contributed by atoms with Crippen molar-refractivity contribution in [2.75, 3.05) is 44.8 Å². The van der Waals surface area contributed by atoms with Gasteiger partial charge in [0.1, 0.15) is 25.0 Å². The van der Waals surface area contributed by atoms with Crippen molar-refractivity contribution in [3.63, 3.8) is 0 Å². The molecule has 1 aromatic carbocycles. The van der Waals surface area contributed by atoms with E-state index in [0.717, 1.165) is 46.0 Å². The summed E-state index contributed by atoms with van der Waals surface area (Å²) < 4.78 is 43.1. The average molecular weight is 793 g/mol. The summed E-state index contributed by atoms with van der Waals surface area (Å²) in [5.74, 6) is -0.0569. The molecule has 1 unspecified atom stereocenters. The van der Waals surface area contributed by atoms with Crippen LogP contribution in [0.5, 0.6) is 0 Å². The zero-order valence-corrected chi connectivity index (χ0v) is 36.1. The van der Waals surface area contributed by atoms with Crippen LogP contribution < -0.4 is 4.90 Å². The number of fused-ring (bicyclic) bond motifs is 1. The summed E-state index contributed by atoms with van der Waals surface area (Å²) in [6.07, 6.45) is 6.30. The molecule has 11 nitrogen and oxygen atoms in total. The van der Waals surface area contributed by atoms with Crippen LogP contribution in [0.3, 0.4) is 0 Å². The average Bonchev–Trinajstić information content (AvgIpc) is 3.81. The highest BCUT2D eigenvalue weighted by atomic mass is 28.3. The number of benzene rings is 1. The first kappa shape index (κ1) is 42.3. The molecule has 3 heterocycles. The van der Waals surface area contributed by atoms with E-state index >= 15 is 4.39 Å². The topological polar surface area (TPSA) is 105 Å². The van der Waals surface area contributed by atoms with Gasteiger partial charge in [-0.05, 0) is 63.8 Å². The lowest BCUT2D eigenvalue weighted by molar-refractivity contribution is -0.151. The highest BCUT2D eigenvalue weighted by molar-refractivity contribution is 6.76. The van der Waals surface area contributed by atoms with Crippen LogP contribution >= 0.6 is 0 Å². The molecule has 3 aromatic heterocycles. The summed E-state index contributed by atoms with van der Waals surface area (Å²) in [7, 11) is -2.71. The van der Waals surface area contributed by atoms with E-state index in [1.807, 2.05) is 65.0 Å². The van der Waals surface area contributed by atoms with E-state index in [1.54, 1.807) is 6.92 Å². The molecular formula is C41H61FN6O5Si2. The van der Waals surface area contributed by atoms with E-state index in [9.17, 15) is 4.79 Å². The van der Waals surface area contributed by atoms with Gasteiger partial charge in [-0.15, -0.1) is 0 Å². The highest BCUT2D eigenvalue weighted by Crippen LogP contribution is 2.43. The van der Waals surface area contributed by atoms with Crippen molar-refractivity contribution in [3.8, 4) is 16.8 Å². The fourth-order valence-corrected chi connectivity index (χ4v) is 8.36. The van der Waals surface area contributed by atoms with Gasteiger partial charge in [0.05, 0.1) is 42.6 Å². The number of halogens is 1. The van der Waals surface area contributed by atoms with Gasteiger partial charge < -0.3 is 23.8 Å². The van der Waals surface area contributed by atoms with Gasteiger partial charge in [-0.1, -0.05) is 64.1 Å². The Labute approximate surface area is 328 Å². The number of nitrogens with zero attached hydrogens (tertiary/aromatic N) is 6. The normalized spacial score (nSPS) is 17.0. The van der Waals surface area contributed by atoms with Crippen LogP contribution in [0.1, 0.15) is 56.7 Å². The molecule has 0 aliphatic heterocycles. The van der Waals surface area contributed by atoms with Gasteiger partial charge in [0.15, 0.2) is 11.8 Å². The predicted molar refractivity (Wildman–Crippen MR) is 223 cm³/mol. The molecule has 55 heavy (non-hydrogen) atoms. The first-order valence-electron chi connectivity index (χ1n) is 19.8. The molecule has 1 saturated carbocycles. The van der Waals surface area contributed by atoms with E-state index < -0.39 is 34.2 Å². The third-order valence-electron chi connectivity index (χ3n) is 10.0. The van der Waals surface area contributed by atoms with Gasteiger partial charge in [0.25, 0.3) is 0 Å². The summed E-state index contributed by atoms with van der Waals surface area (Å²) in [5.41, 5.74) is 4.81. The number of ether oxygens (including phenoxy) is 4. The standard InChI is InChI=1S/C41H61FN6O5Si2/c1-10-52-30(3)36-38(32-19-17-31(18-20-32)37(42)41(49)53-11-2)45-39-35(33-25-43-47(27-33)34-15-13-12-14-16-34)26-44-48(39)40(36)46(28-50-21-23-54(4,5)6)29-51-22-24-55(7,8)9/h12-16,25-27,31-32,37H,3,10-11,17-24,28-29H2,1-2,4-9H3. The number of carbonyl (C=O) groups is 1. The third kappa shape index (κ3) is 11.1. The van der Waals surface area contributed by atoms with Crippen molar-refractivity contribution in [3.05, 3.63) is 66.8 Å². The SMILES string of the molecule is C=C(OCC)c1c(C2CCC(C(F)C(=O)OCC)CC2)nc2c(-c3cnn(-c4ccccc4)c3)cnn2c1N(COCC[Si](C)(C)C)COCC[Si](C)(C)C. The molecule has 0 saturated heterocycles. The summed E-state index contributed by atoms with van der Waals surface area (Å²) in [4.78, 5) is 19.8. The summed E-state index contributed by atoms with van der Waals surface area (Å²) >= 11 is 0. The minimum absolute atomic E-state index is 0.0566. The smallest absolute Gasteiger partial charge is 0.341 e. The fourth-order valence-electron chi connectivity index (χ4n) is 6.85. The molecule has 14 heteroatoms. The summed E-state index contributed by atoms with van der Waals surface area (Å²) in [6, 6.07) is 12.0. The molecule has 0 radical (unpaired) electrons. The van der Waals surface area contributed by atoms with Crippen molar-refractivity contribution in [1.29, 1.82) is 0 Å². The molecule has 4 aromatic rings. The van der Waals surface area contributed by atoms with Crippen LogP contribution in [0.4, 0.5) is 10.2 Å². The molecule has 1 fully saturated rings. The molecule has 0 N–H and O–H groups in total. The van der Waals surface area contributed by atoms with Gasteiger partial charge in [0.2, 0.25) is 0 Å². The summed E-state index contributed by atoms with van der Waals surface area (Å²) in [6.45, 7) is 24.5. The van der Waals surface area contributed by atoms with Crippen molar-refractivity contribution in [2.24, 2.45) is 5.92 Å². The van der Waals surface area contributed by atoms with Crippen LogP contribution in [0.25, 0.3) is 28.2 Å². The molecule has 1 atom stereocenters. The number of alkyl halides is 1. The van der Waals surface area contributed by atoms with E-state index in [4.69, 9.17) is 29.0 Å². The minimum atomic E-state index is -1.65. The van der Waals surface area contributed by atoms with E-state index in [-0.39, 0.29) is 26.0 Å². The van der Waals surface area contributed by atoms with Gasteiger partial charge in [-0.25, -0.2) is 18.9 Å². The minimum Gasteiger partial charge on any atom is -0.494 e. The number of rotatable bonds is 20. The van der Waals surface area contributed by atoms with Crippen LogP contribution in [0.15, 0.2) is 55.5 Å². The molecule has 0 spiro atoms. The molecule has 0 amide bonds. The van der Waals surface area contributed by atoms with Gasteiger partial charge in [-0.3, -0.25) is 0 Å². The number of hydrogen-bond donors (Lipinski definition) is 0. The largest absolute Gasteiger partial charge is 0.494 e. The summed E-state index contributed by atoms with van der Waals surface area (Å²) in [5, 5.41) is 9.66. The maximum Gasteiger partial charge on any atom is 0.341 e. The monoisotopic (exact) mass is 792 g/mol. The zero-order valence-electron chi connectivity index (χ0n) is 34.1. The quantitative estimate of drug-likeness (QED) is 0.0285. The predicted octanol–water partition coefficient (Wildman–Crippen LogP) is 9.20.